The van der Waals surface area contributed by atoms with Crippen molar-refractivity contribution in [3.05, 3.63) is 0 Å². The fourth-order valence-corrected chi connectivity index (χ4v) is 3.23. The van der Waals surface area contributed by atoms with E-state index in [1.54, 1.807) is 0 Å². The van der Waals surface area contributed by atoms with Crippen LogP contribution in [0.4, 0.5) is 0 Å². The van der Waals surface area contributed by atoms with E-state index in [-0.39, 0.29) is 12.7 Å². The maximum Gasteiger partial charge on any atom is 0.264 e. The van der Waals surface area contributed by atoms with Crippen LogP contribution in [0.1, 0.15) is 25.7 Å². The SMILES string of the molecule is CS(=O)(=O)OCC1COC2(CCN(C3CC3)CC2)O1. The summed E-state index contributed by atoms with van der Waals surface area (Å²) in [5.41, 5.74) is 0. The molecule has 0 amide bonds. The quantitative estimate of drug-likeness (QED) is 0.696. The third kappa shape index (κ3) is 3.46. The fourth-order valence-electron chi connectivity index (χ4n) is 2.83. The van der Waals surface area contributed by atoms with Crippen LogP contribution >= 0.6 is 0 Å². The number of likely N-dealkylation sites (tertiary alicyclic amines) is 1. The molecule has 0 N–H and O–H groups in total. The van der Waals surface area contributed by atoms with Gasteiger partial charge in [-0.3, -0.25) is 9.08 Å². The zero-order valence-corrected chi connectivity index (χ0v) is 12.0. The summed E-state index contributed by atoms with van der Waals surface area (Å²) in [6.07, 6.45) is 5.13. The minimum atomic E-state index is -3.41. The van der Waals surface area contributed by atoms with E-state index >= 15 is 0 Å². The van der Waals surface area contributed by atoms with Gasteiger partial charge in [-0.25, -0.2) is 0 Å². The van der Waals surface area contributed by atoms with Gasteiger partial charge in [0, 0.05) is 32.0 Å². The molecule has 2 heterocycles. The van der Waals surface area contributed by atoms with Crippen LogP contribution in [0.3, 0.4) is 0 Å². The molecule has 0 bridgehead atoms. The van der Waals surface area contributed by atoms with Gasteiger partial charge >= 0.3 is 0 Å². The zero-order chi connectivity index (χ0) is 13.5. The summed E-state index contributed by atoms with van der Waals surface area (Å²) in [5, 5.41) is 0. The van der Waals surface area contributed by atoms with E-state index in [1.165, 1.54) is 12.8 Å². The molecule has 3 rings (SSSR count). The van der Waals surface area contributed by atoms with Crippen molar-refractivity contribution < 1.29 is 22.1 Å². The highest BCUT2D eigenvalue weighted by Gasteiger charge is 2.46. The molecule has 0 radical (unpaired) electrons. The average Bonchev–Trinajstić information content (AvgIpc) is 3.11. The van der Waals surface area contributed by atoms with Crippen LogP contribution in [-0.2, 0) is 23.8 Å². The lowest BCUT2D eigenvalue weighted by atomic mass is 10.0. The molecule has 2 aliphatic heterocycles. The van der Waals surface area contributed by atoms with Gasteiger partial charge in [-0.15, -0.1) is 0 Å². The Labute approximate surface area is 114 Å². The molecule has 7 heteroatoms. The van der Waals surface area contributed by atoms with Gasteiger partial charge in [0.05, 0.1) is 19.5 Å². The van der Waals surface area contributed by atoms with Crippen LogP contribution < -0.4 is 0 Å². The second-order valence-electron chi connectivity index (χ2n) is 5.72. The molecule has 1 saturated carbocycles. The highest BCUT2D eigenvalue weighted by molar-refractivity contribution is 7.85. The van der Waals surface area contributed by atoms with Crippen LogP contribution in [0.25, 0.3) is 0 Å². The third-order valence-electron chi connectivity index (χ3n) is 4.00. The Kier molecular flexibility index (Phi) is 3.59. The Hall–Kier alpha value is -0.210. The van der Waals surface area contributed by atoms with E-state index < -0.39 is 15.9 Å². The van der Waals surface area contributed by atoms with Gasteiger partial charge in [-0.2, -0.15) is 8.42 Å². The molecule has 110 valence electrons. The van der Waals surface area contributed by atoms with Crippen molar-refractivity contribution in [1.82, 2.24) is 4.90 Å². The lowest BCUT2D eigenvalue weighted by Crippen LogP contribution is -2.46. The third-order valence-corrected chi connectivity index (χ3v) is 4.57. The van der Waals surface area contributed by atoms with E-state index in [0.717, 1.165) is 38.2 Å². The maximum atomic E-state index is 11.0. The molecule has 0 aromatic rings. The van der Waals surface area contributed by atoms with Crippen molar-refractivity contribution in [3.8, 4) is 0 Å². The number of rotatable bonds is 4. The van der Waals surface area contributed by atoms with Crippen LogP contribution in [-0.4, -0.2) is 63.8 Å². The second-order valence-corrected chi connectivity index (χ2v) is 7.36. The van der Waals surface area contributed by atoms with Crippen LogP contribution in [0.15, 0.2) is 0 Å². The summed E-state index contributed by atoms with van der Waals surface area (Å²) in [6.45, 7) is 2.47. The first-order chi connectivity index (χ1) is 8.96. The first-order valence-electron chi connectivity index (χ1n) is 6.86. The first kappa shape index (κ1) is 13.8. The van der Waals surface area contributed by atoms with Crippen molar-refractivity contribution in [3.63, 3.8) is 0 Å². The summed E-state index contributed by atoms with van der Waals surface area (Å²) >= 11 is 0. The van der Waals surface area contributed by atoms with E-state index in [1.807, 2.05) is 0 Å². The first-order valence-corrected chi connectivity index (χ1v) is 8.68. The Bertz CT molecular complexity index is 425. The van der Waals surface area contributed by atoms with Gasteiger partial charge in [0.1, 0.15) is 6.10 Å². The summed E-state index contributed by atoms with van der Waals surface area (Å²) in [4.78, 5) is 2.50. The fraction of sp³-hybridized carbons (Fsp3) is 1.00. The lowest BCUT2D eigenvalue weighted by molar-refractivity contribution is -0.197. The molecular weight excluding hydrogens is 270 g/mol. The van der Waals surface area contributed by atoms with E-state index in [9.17, 15) is 8.42 Å². The molecule has 1 spiro atoms. The smallest absolute Gasteiger partial charge is 0.264 e. The molecule has 0 aromatic heterocycles. The molecule has 1 aliphatic carbocycles. The number of ether oxygens (including phenoxy) is 2. The predicted octanol–water partition coefficient (Wildman–Crippen LogP) is 0.332. The van der Waals surface area contributed by atoms with Crippen molar-refractivity contribution >= 4 is 10.1 Å². The monoisotopic (exact) mass is 291 g/mol. The lowest BCUT2D eigenvalue weighted by Gasteiger charge is -2.38. The maximum absolute atomic E-state index is 11.0. The Balaban J connectivity index is 1.48. The van der Waals surface area contributed by atoms with Gasteiger partial charge in [0.25, 0.3) is 10.1 Å². The largest absolute Gasteiger partial charge is 0.347 e. The summed E-state index contributed by atoms with van der Waals surface area (Å²) in [5.74, 6) is -0.503. The van der Waals surface area contributed by atoms with Gasteiger partial charge in [0.15, 0.2) is 5.79 Å². The predicted molar refractivity (Wildman–Crippen MR) is 68.2 cm³/mol. The zero-order valence-electron chi connectivity index (χ0n) is 11.2. The van der Waals surface area contributed by atoms with Crippen molar-refractivity contribution in [2.75, 3.05) is 32.6 Å². The number of hydrogen-bond acceptors (Lipinski definition) is 6. The van der Waals surface area contributed by atoms with Crippen molar-refractivity contribution in [1.29, 1.82) is 0 Å². The molecule has 3 fully saturated rings. The van der Waals surface area contributed by atoms with Gasteiger partial charge in [-0.1, -0.05) is 0 Å². The normalized spacial score (nSPS) is 31.9. The topological polar surface area (TPSA) is 65.1 Å². The average molecular weight is 291 g/mol. The van der Waals surface area contributed by atoms with Crippen LogP contribution in [0.2, 0.25) is 0 Å². The van der Waals surface area contributed by atoms with E-state index in [0.29, 0.717) is 6.61 Å². The number of hydrogen-bond donors (Lipinski definition) is 0. The molecule has 6 nitrogen and oxygen atoms in total. The standard InChI is InChI=1S/C12H21NO5S/c1-19(14,15)17-9-11-8-16-12(18-11)4-6-13(7-5-12)10-2-3-10/h10-11H,2-9H2,1H3. The molecule has 1 atom stereocenters. The number of piperidine rings is 1. The van der Waals surface area contributed by atoms with Crippen molar-refractivity contribution in [2.45, 2.75) is 43.6 Å². The Morgan fingerprint density at radius 2 is 2.00 bits per heavy atom. The molecule has 19 heavy (non-hydrogen) atoms. The van der Waals surface area contributed by atoms with Gasteiger partial charge < -0.3 is 9.47 Å². The van der Waals surface area contributed by atoms with Gasteiger partial charge in [-0.05, 0) is 12.8 Å². The summed E-state index contributed by atoms with van der Waals surface area (Å²) in [6, 6.07) is 0.781. The van der Waals surface area contributed by atoms with Crippen LogP contribution in [0.5, 0.6) is 0 Å². The molecule has 3 aliphatic rings. The Morgan fingerprint density at radius 1 is 1.32 bits per heavy atom. The highest BCUT2D eigenvalue weighted by atomic mass is 32.2. The molecular formula is C12H21NO5S. The molecule has 0 aromatic carbocycles. The minimum Gasteiger partial charge on any atom is -0.347 e. The van der Waals surface area contributed by atoms with Crippen molar-refractivity contribution in [2.24, 2.45) is 0 Å². The summed E-state index contributed by atoms with van der Waals surface area (Å²) < 4.78 is 38.4. The van der Waals surface area contributed by atoms with E-state index in [2.05, 4.69) is 4.90 Å². The molecule has 2 saturated heterocycles. The highest BCUT2D eigenvalue weighted by Crippen LogP contribution is 2.37. The minimum absolute atomic E-state index is 0.0485. The van der Waals surface area contributed by atoms with Gasteiger partial charge in [0.2, 0.25) is 0 Å². The number of nitrogens with zero attached hydrogens (tertiary/aromatic N) is 1. The molecule has 1 unspecified atom stereocenters. The Morgan fingerprint density at radius 3 is 2.58 bits per heavy atom. The second kappa shape index (κ2) is 4.96. The van der Waals surface area contributed by atoms with E-state index in [4.69, 9.17) is 13.7 Å². The summed E-state index contributed by atoms with van der Waals surface area (Å²) in [7, 11) is -3.41. The van der Waals surface area contributed by atoms with Crippen LogP contribution in [0, 0.1) is 0 Å².